The van der Waals surface area contributed by atoms with Gasteiger partial charge in [-0.1, -0.05) is 17.7 Å². The fourth-order valence-corrected chi connectivity index (χ4v) is 2.91. The molecule has 3 rings (SSSR count). The van der Waals surface area contributed by atoms with Gasteiger partial charge in [-0.25, -0.2) is 9.18 Å². The number of amides is 3. The number of rotatable bonds is 3. The van der Waals surface area contributed by atoms with Gasteiger partial charge in [-0.3, -0.25) is 4.79 Å². The molecule has 0 spiro atoms. The van der Waals surface area contributed by atoms with Gasteiger partial charge in [0.15, 0.2) is 0 Å². The van der Waals surface area contributed by atoms with Crippen molar-refractivity contribution in [3.63, 3.8) is 0 Å². The SMILES string of the molecule is Cc1cccc(C(=O)N2CC[C@@H](NC(=O)Nc3ccc(F)cc3)C2)c1. The number of aryl methyl sites for hydroxylation is 1. The Balaban J connectivity index is 1.53. The molecule has 0 saturated carbocycles. The van der Waals surface area contributed by atoms with Gasteiger partial charge in [0, 0.05) is 30.4 Å². The van der Waals surface area contributed by atoms with Gasteiger partial charge >= 0.3 is 6.03 Å². The Kier molecular flexibility index (Phi) is 4.97. The number of likely N-dealkylation sites (tertiary alicyclic amines) is 1. The Bertz CT molecular complexity index is 776. The third-order valence-corrected chi connectivity index (χ3v) is 4.18. The Hall–Kier alpha value is -2.89. The minimum Gasteiger partial charge on any atom is -0.337 e. The van der Waals surface area contributed by atoms with Crippen LogP contribution in [0.5, 0.6) is 0 Å². The molecule has 1 saturated heterocycles. The van der Waals surface area contributed by atoms with Crippen LogP contribution >= 0.6 is 0 Å². The first-order valence-electron chi connectivity index (χ1n) is 8.20. The van der Waals surface area contributed by atoms with E-state index in [1.54, 1.807) is 11.0 Å². The lowest BCUT2D eigenvalue weighted by molar-refractivity contribution is 0.0789. The minimum absolute atomic E-state index is 0.0213. The molecule has 0 aliphatic carbocycles. The number of halogens is 1. The Labute approximate surface area is 145 Å². The molecule has 0 radical (unpaired) electrons. The summed E-state index contributed by atoms with van der Waals surface area (Å²) in [6.07, 6.45) is 0.703. The van der Waals surface area contributed by atoms with Crippen molar-refractivity contribution in [2.24, 2.45) is 0 Å². The summed E-state index contributed by atoms with van der Waals surface area (Å²) in [6.45, 7) is 3.03. The molecule has 1 atom stereocenters. The molecule has 1 aliphatic rings. The topological polar surface area (TPSA) is 61.4 Å². The standard InChI is InChI=1S/C19H20FN3O2/c1-13-3-2-4-14(11-13)18(24)23-10-9-17(12-23)22-19(25)21-16-7-5-15(20)6-8-16/h2-8,11,17H,9-10,12H2,1H3,(H2,21,22,25)/t17-/m1/s1. The second kappa shape index (κ2) is 7.34. The van der Waals surface area contributed by atoms with Gasteiger partial charge in [0.1, 0.15) is 5.82 Å². The highest BCUT2D eigenvalue weighted by Gasteiger charge is 2.28. The van der Waals surface area contributed by atoms with E-state index in [0.29, 0.717) is 30.8 Å². The molecule has 25 heavy (non-hydrogen) atoms. The van der Waals surface area contributed by atoms with E-state index in [2.05, 4.69) is 10.6 Å². The Morgan fingerprint density at radius 3 is 2.64 bits per heavy atom. The fourth-order valence-electron chi connectivity index (χ4n) is 2.91. The maximum absolute atomic E-state index is 12.9. The highest BCUT2D eigenvalue weighted by Crippen LogP contribution is 2.15. The van der Waals surface area contributed by atoms with Crippen molar-refractivity contribution in [3.8, 4) is 0 Å². The second-order valence-electron chi connectivity index (χ2n) is 6.21. The molecule has 0 aromatic heterocycles. The lowest BCUT2D eigenvalue weighted by atomic mass is 10.1. The molecule has 1 heterocycles. The number of carbonyl (C=O) groups is 2. The van der Waals surface area contributed by atoms with Gasteiger partial charge in [-0.15, -0.1) is 0 Å². The summed E-state index contributed by atoms with van der Waals surface area (Å²) in [6, 6.07) is 12.6. The number of anilines is 1. The van der Waals surface area contributed by atoms with E-state index < -0.39 is 0 Å². The number of carbonyl (C=O) groups excluding carboxylic acids is 2. The predicted octanol–water partition coefficient (Wildman–Crippen LogP) is 3.17. The maximum atomic E-state index is 12.9. The summed E-state index contributed by atoms with van der Waals surface area (Å²) in [5.41, 5.74) is 2.22. The molecule has 0 unspecified atom stereocenters. The largest absolute Gasteiger partial charge is 0.337 e. The quantitative estimate of drug-likeness (QED) is 0.901. The lowest BCUT2D eigenvalue weighted by Crippen LogP contribution is -2.40. The number of benzene rings is 2. The summed E-state index contributed by atoms with van der Waals surface area (Å²) in [5.74, 6) is -0.376. The highest BCUT2D eigenvalue weighted by atomic mass is 19.1. The zero-order valence-corrected chi connectivity index (χ0v) is 14.0. The summed E-state index contributed by atoms with van der Waals surface area (Å²) < 4.78 is 12.9. The van der Waals surface area contributed by atoms with Crippen LogP contribution in [0.3, 0.4) is 0 Å². The molecule has 130 valence electrons. The molecule has 6 heteroatoms. The van der Waals surface area contributed by atoms with Crippen LogP contribution in [0.4, 0.5) is 14.9 Å². The lowest BCUT2D eigenvalue weighted by Gasteiger charge is -2.17. The summed E-state index contributed by atoms with van der Waals surface area (Å²) in [5, 5.41) is 5.51. The van der Waals surface area contributed by atoms with Gasteiger partial charge < -0.3 is 15.5 Å². The average molecular weight is 341 g/mol. The van der Waals surface area contributed by atoms with E-state index >= 15 is 0 Å². The molecule has 3 amide bonds. The number of hydrogen-bond donors (Lipinski definition) is 2. The minimum atomic E-state index is -0.360. The van der Waals surface area contributed by atoms with Crippen LogP contribution in [-0.2, 0) is 0 Å². The van der Waals surface area contributed by atoms with Crippen LogP contribution in [-0.4, -0.2) is 36.0 Å². The van der Waals surface area contributed by atoms with Gasteiger partial charge in [0.05, 0.1) is 0 Å². The van der Waals surface area contributed by atoms with Crippen molar-refractivity contribution < 1.29 is 14.0 Å². The molecular weight excluding hydrogens is 321 g/mol. The molecule has 2 aromatic carbocycles. The van der Waals surface area contributed by atoms with E-state index in [4.69, 9.17) is 0 Å². The van der Waals surface area contributed by atoms with E-state index in [-0.39, 0.29) is 23.8 Å². The number of urea groups is 1. The van der Waals surface area contributed by atoms with Crippen LogP contribution < -0.4 is 10.6 Å². The van der Waals surface area contributed by atoms with Crippen molar-refractivity contribution in [2.45, 2.75) is 19.4 Å². The highest BCUT2D eigenvalue weighted by molar-refractivity contribution is 5.95. The predicted molar refractivity (Wildman–Crippen MR) is 94.0 cm³/mol. The molecule has 5 nitrogen and oxygen atoms in total. The average Bonchev–Trinajstić information content (AvgIpc) is 3.04. The molecule has 2 N–H and O–H groups in total. The normalized spacial score (nSPS) is 16.6. The molecule has 0 bridgehead atoms. The molecule has 1 aliphatic heterocycles. The first-order chi connectivity index (χ1) is 12.0. The van der Waals surface area contributed by atoms with Crippen LogP contribution in [0.2, 0.25) is 0 Å². The van der Waals surface area contributed by atoms with Crippen molar-refractivity contribution in [1.29, 1.82) is 0 Å². The molecular formula is C19H20FN3O2. The Morgan fingerprint density at radius 2 is 1.92 bits per heavy atom. The smallest absolute Gasteiger partial charge is 0.319 e. The molecule has 2 aromatic rings. The van der Waals surface area contributed by atoms with Crippen molar-refractivity contribution in [3.05, 3.63) is 65.5 Å². The summed E-state index contributed by atoms with van der Waals surface area (Å²) >= 11 is 0. The third kappa shape index (κ3) is 4.35. The van der Waals surface area contributed by atoms with E-state index in [1.807, 2.05) is 25.1 Å². The van der Waals surface area contributed by atoms with Crippen molar-refractivity contribution >= 4 is 17.6 Å². The Morgan fingerprint density at radius 1 is 1.16 bits per heavy atom. The first-order valence-corrected chi connectivity index (χ1v) is 8.20. The van der Waals surface area contributed by atoms with Crippen molar-refractivity contribution in [2.75, 3.05) is 18.4 Å². The number of nitrogens with zero attached hydrogens (tertiary/aromatic N) is 1. The summed E-state index contributed by atoms with van der Waals surface area (Å²) in [4.78, 5) is 26.3. The van der Waals surface area contributed by atoms with E-state index in [1.165, 1.54) is 24.3 Å². The van der Waals surface area contributed by atoms with Gasteiger partial charge in [-0.05, 0) is 49.7 Å². The monoisotopic (exact) mass is 341 g/mol. The second-order valence-corrected chi connectivity index (χ2v) is 6.21. The maximum Gasteiger partial charge on any atom is 0.319 e. The van der Waals surface area contributed by atoms with Gasteiger partial charge in [0.25, 0.3) is 5.91 Å². The molecule has 1 fully saturated rings. The van der Waals surface area contributed by atoms with Crippen LogP contribution in [0, 0.1) is 12.7 Å². The number of nitrogens with one attached hydrogen (secondary N) is 2. The first kappa shape index (κ1) is 17.0. The van der Waals surface area contributed by atoms with Crippen LogP contribution in [0.15, 0.2) is 48.5 Å². The van der Waals surface area contributed by atoms with Gasteiger partial charge in [-0.2, -0.15) is 0 Å². The zero-order valence-electron chi connectivity index (χ0n) is 14.0. The van der Waals surface area contributed by atoms with E-state index in [0.717, 1.165) is 5.56 Å². The zero-order chi connectivity index (χ0) is 17.8. The summed E-state index contributed by atoms with van der Waals surface area (Å²) in [7, 11) is 0. The number of hydrogen-bond acceptors (Lipinski definition) is 2. The van der Waals surface area contributed by atoms with E-state index in [9.17, 15) is 14.0 Å². The fraction of sp³-hybridized carbons (Fsp3) is 0.263. The van der Waals surface area contributed by atoms with Crippen LogP contribution in [0.1, 0.15) is 22.3 Å². The third-order valence-electron chi connectivity index (χ3n) is 4.18. The van der Waals surface area contributed by atoms with Crippen LogP contribution in [0.25, 0.3) is 0 Å². The van der Waals surface area contributed by atoms with Crippen molar-refractivity contribution in [1.82, 2.24) is 10.2 Å². The van der Waals surface area contributed by atoms with Gasteiger partial charge in [0.2, 0.25) is 0 Å².